The van der Waals surface area contributed by atoms with Crippen LogP contribution in [0.25, 0.3) is 111 Å². The Balaban J connectivity index is 0.992. The van der Waals surface area contributed by atoms with Crippen LogP contribution in [-0.2, 0) is 0 Å². The molecule has 0 amide bonds. The fourth-order valence-electron chi connectivity index (χ4n) is 8.39. The first-order valence-corrected chi connectivity index (χ1v) is 19.7. The predicted octanol–water partition coefficient (Wildman–Crippen LogP) is 14.5. The van der Waals surface area contributed by atoms with E-state index in [-0.39, 0.29) is 0 Å². The minimum Gasteiger partial charge on any atom is -0.248 e. The van der Waals surface area contributed by atoms with Crippen molar-refractivity contribution in [1.29, 1.82) is 0 Å². The van der Waals surface area contributed by atoms with E-state index in [2.05, 4.69) is 206 Å². The molecule has 270 valence electrons. The minimum atomic E-state index is 0.712. The molecule has 0 N–H and O–H groups in total. The van der Waals surface area contributed by atoms with Crippen molar-refractivity contribution in [2.24, 2.45) is 0 Å². The van der Waals surface area contributed by atoms with E-state index in [0.29, 0.717) is 5.82 Å². The Labute approximate surface area is 336 Å². The molecule has 0 spiro atoms. The molecule has 0 atom stereocenters. The largest absolute Gasteiger partial charge is 0.248 e. The summed E-state index contributed by atoms with van der Waals surface area (Å²) < 4.78 is 0. The minimum absolute atomic E-state index is 0.712. The molecule has 2 heterocycles. The van der Waals surface area contributed by atoms with Crippen LogP contribution in [0.3, 0.4) is 0 Å². The number of hydrogen-bond donors (Lipinski definition) is 0. The van der Waals surface area contributed by atoms with Gasteiger partial charge in [-0.25, -0.2) is 15.0 Å². The first-order chi connectivity index (χ1) is 28.7. The van der Waals surface area contributed by atoms with Gasteiger partial charge in [0, 0.05) is 27.6 Å². The molecule has 58 heavy (non-hydrogen) atoms. The molecule has 0 saturated carbocycles. The smallest absolute Gasteiger partial charge is 0.161 e. The molecule has 0 saturated heterocycles. The predicted molar refractivity (Wildman–Crippen MR) is 242 cm³/mol. The zero-order valence-electron chi connectivity index (χ0n) is 31.5. The van der Waals surface area contributed by atoms with E-state index < -0.39 is 0 Å². The topological polar surface area (TPSA) is 38.7 Å². The quantitative estimate of drug-likeness (QED) is 0.160. The van der Waals surface area contributed by atoms with Crippen LogP contribution in [0.2, 0.25) is 0 Å². The fraction of sp³-hybridized carbons (Fsp3) is 0. The highest BCUT2D eigenvalue weighted by atomic mass is 14.9. The van der Waals surface area contributed by atoms with Gasteiger partial charge in [-0.2, -0.15) is 0 Å². The average Bonchev–Trinajstić information content (AvgIpc) is 3.31. The molecule has 3 heteroatoms. The summed E-state index contributed by atoms with van der Waals surface area (Å²) in [6, 6.07) is 75.1. The highest BCUT2D eigenvalue weighted by Gasteiger charge is 2.16. The van der Waals surface area contributed by atoms with Crippen LogP contribution in [0.5, 0.6) is 0 Å². The SMILES string of the molecule is c1ccc(-c2cc(-c3ccc(-c4ccc(-c5cc(-c6cccc7ccccc67)nc(-c6cccc7ccccc67)n5)cc4)cc3)c3c(ccc4ccccc43)n2)cc1. The van der Waals surface area contributed by atoms with Crippen LogP contribution in [0.4, 0.5) is 0 Å². The summed E-state index contributed by atoms with van der Waals surface area (Å²) in [5, 5.41) is 8.24. The van der Waals surface area contributed by atoms with E-state index in [1.54, 1.807) is 0 Å². The number of hydrogen-bond acceptors (Lipinski definition) is 3. The molecule has 0 aliphatic carbocycles. The molecule has 0 aliphatic heterocycles. The van der Waals surface area contributed by atoms with Crippen molar-refractivity contribution < 1.29 is 0 Å². The zero-order chi connectivity index (χ0) is 38.4. The number of pyridine rings is 1. The number of nitrogens with zero attached hydrogens (tertiary/aromatic N) is 3. The van der Waals surface area contributed by atoms with Crippen molar-refractivity contribution in [2.45, 2.75) is 0 Å². The van der Waals surface area contributed by atoms with E-state index >= 15 is 0 Å². The molecular formula is C55H35N3. The molecule has 0 radical (unpaired) electrons. The van der Waals surface area contributed by atoms with Gasteiger partial charge in [-0.15, -0.1) is 0 Å². The summed E-state index contributed by atoms with van der Waals surface area (Å²) >= 11 is 0. The van der Waals surface area contributed by atoms with Crippen LogP contribution in [-0.4, -0.2) is 15.0 Å². The van der Waals surface area contributed by atoms with E-state index in [9.17, 15) is 0 Å². The summed E-state index contributed by atoms with van der Waals surface area (Å²) in [6.45, 7) is 0. The van der Waals surface area contributed by atoms with Crippen molar-refractivity contribution in [3.8, 4) is 67.4 Å². The van der Waals surface area contributed by atoms with Gasteiger partial charge in [-0.1, -0.05) is 194 Å². The highest BCUT2D eigenvalue weighted by molar-refractivity contribution is 6.14. The summed E-state index contributed by atoms with van der Waals surface area (Å²) in [6.07, 6.45) is 0. The molecule has 11 rings (SSSR count). The summed E-state index contributed by atoms with van der Waals surface area (Å²) in [4.78, 5) is 15.6. The molecular weight excluding hydrogens is 703 g/mol. The molecule has 11 aromatic rings. The second-order valence-corrected chi connectivity index (χ2v) is 14.8. The van der Waals surface area contributed by atoms with Crippen LogP contribution in [0.15, 0.2) is 212 Å². The van der Waals surface area contributed by atoms with Gasteiger partial charge in [-0.3, -0.25) is 0 Å². The Morgan fingerprint density at radius 2 is 0.741 bits per heavy atom. The van der Waals surface area contributed by atoms with E-state index in [0.717, 1.165) is 72.3 Å². The second-order valence-electron chi connectivity index (χ2n) is 14.8. The van der Waals surface area contributed by atoms with Gasteiger partial charge in [0.15, 0.2) is 5.82 Å². The van der Waals surface area contributed by atoms with Gasteiger partial charge >= 0.3 is 0 Å². The molecule has 0 bridgehead atoms. The van der Waals surface area contributed by atoms with Crippen molar-refractivity contribution in [3.05, 3.63) is 212 Å². The maximum absolute atomic E-state index is 5.24. The number of benzene rings is 9. The first kappa shape index (κ1) is 33.6. The summed E-state index contributed by atoms with van der Waals surface area (Å²) in [7, 11) is 0. The molecule has 2 aromatic heterocycles. The zero-order valence-corrected chi connectivity index (χ0v) is 31.5. The van der Waals surface area contributed by atoms with Gasteiger partial charge in [0.2, 0.25) is 0 Å². The Hall–Kier alpha value is -7.75. The van der Waals surface area contributed by atoms with Crippen LogP contribution in [0, 0.1) is 0 Å². The third-order valence-electron chi connectivity index (χ3n) is 11.3. The van der Waals surface area contributed by atoms with E-state index in [1.165, 1.54) is 32.5 Å². The Morgan fingerprint density at radius 3 is 1.43 bits per heavy atom. The Bertz CT molecular complexity index is 3210. The van der Waals surface area contributed by atoms with Crippen molar-refractivity contribution >= 4 is 43.2 Å². The molecule has 0 unspecified atom stereocenters. The number of aromatic nitrogens is 3. The molecule has 3 nitrogen and oxygen atoms in total. The Kier molecular flexibility index (Phi) is 8.15. The summed E-state index contributed by atoms with van der Waals surface area (Å²) in [5.74, 6) is 0.712. The maximum Gasteiger partial charge on any atom is 0.161 e. The van der Waals surface area contributed by atoms with Gasteiger partial charge in [0.25, 0.3) is 0 Å². The molecule has 0 fully saturated rings. The van der Waals surface area contributed by atoms with E-state index in [4.69, 9.17) is 15.0 Å². The van der Waals surface area contributed by atoms with Crippen molar-refractivity contribution in [2.75, 3.05) is 0 Å². The second kappa shape index (κ2) is 14.1. The Morgan fingerprint density at radius 1 is 0.259 bits per heavy atom. The normalized spacial score (nSPS) is 11.4. The monoisotopic (exact) mass is 737 g/mol. The standard InChI is InChI=1S/C55H35N3/c1-2-15-42(16-3-1)51-34-49(54-46-21-9-6-14-40(46)32-33-50(54)56-51)41-28-24-36(25-29-41)37-26-30-43(31-27-37)52-35-53(47-22-10-17-38-12-4-7-19-44(38)47)58-55(57-52)48-23-11-18-39-13-5-8-20-45(39)48/h1-35H. The molecule has 0 aliphatic rings. The first-order valence-electron chi connectivity index (χ1n) is 19.7. The van der Waals surface area contributed by atoms with Crippen LogP contribution in [0.1, 0.15) is 0 Å². The van der Waals surface area contributed by atoms with Gasteiger partial charge in [-0.05, 0) is 72.8 Å². The number of fused-ring (bicyclic) bond motifs is 5. The lowest BCUT2D eigenvalue weighted by Gasteiger charge is -2.14. The highest BCUT2D eigenvalue weighted by Crippen LogP contribution is 2.38. The van der Waals surface area contributed by atoms with Gasteiger partial charge in [0.1, 0.15) is 0 Å². The third-order valence-corrected chi connectivity index (χ3v) is 11.3. The lowest BCUT2D eigenvalue weighted by Crippen LogP contribution is -1.97. The summed E-state index contributed by atoms with van der Waals surface area (Å²) in [5.41, 5.74) is 12.6. The van der Waals surface area contributed by atoms with Crippen LogP contribution >= 0.6 is 0 Å². The average molecular weight is 738 g/mol. The molecule has 9 aromatic carbocycles. The van der Waals surface area contributed by atoms with Gasteiger partial charge < -0.3 is 0 Å². The lowest BCUT2D eigenvalue weighted by atomic mass is 9.93. The third kappa shape index (κ3) is 5.98. The van der Waals surface area contributed by atoms with Gasteiger partial charge in [0.05, 0.1) is 22.6 Å². The maximum atomic E-state index is 5.24. The number of rotatable bonds is 6. The van der Waals surface area contributed by atoms with Crippen molar-refractivity contribution in [3.63, 3.8) is 0 Å². The lowest BCUT2D eigenvalue weighted by molar-refractivity contribution is 1.19. The van der Waals surface area contributed by atoms with Crippen molar-refractivity contribution in [1.82, 2.24) is 15.0 Å². The fourth-order valence-corrected chi connectivity index (χ4v) is 8.39. The van der Waals surface area contributed by atoms with Crippen LogP contribution < -0.4 is 0 Å². The van der Waals surface area contributed by atoms with E-state index in [1.807, 2.05) is 6.07 Å².